The van der Waals surface area contributed by atoms with Crippen LogP contribution in [0.25, 0.3) is 10.9 Å². The highest BCUT2D eigenvalue weighted by atomic mass is 16.5. The fourth-order valence-electron chi connectivity index (χ4n) is 3.27. The zero-order valence-corrected chi connectivity index (χ0v) is 11.9. The molecule has 0 atom stereocenters. The van der Waals surface area contributed by atoms with Crippen LogP contribution >= 0.6 is 0 Å². The van der Waals surface area contributed by atoms with Crippen molar-refractivity contribution in [1.82, 2.24) is 4.57 Å². The molecule has 1 N–H and O–H groups in total. The lowest BCUT2D eigenvalue weighted by Crippen LogP contribution is -2.15. The molecule has 1 heterocycles. The second kappa shape index (κ2) is 5.24. The van der Waals surface area contributed by atoms with Crippen LogP contribution in [0.3, 0.4) is 0 Å². The van der Waals surface area contributed by atoms with Crippen LogP contribution in [0.1, 0.15) is 34.5 Å². The first-order valence-electron chi connectivity index (χ1n) is 7.06. The second-order valence-electron chi connectivity index (χ2n) is 5.31. The molecule has 0 radical (unpaired) electrons. The zero-order chi connectivity index (χ0) is 15.0. The van der Waals surface area contributed by atoms with Crippen molar-refractivity contribution in [1.29, 1.82) is 0 Å². The third kappa shape index (κ3) is 2.18. The van der Waals surface area contributed by atoms with E-state index in [1.807, 2.05) is 12.1 Å². The Hall–Kier alpha value is -2.30. The number of carbonyl (C=O) groups is 2. The molecule has 110 valence electrons. The molecule has 0 amide bonds. The van der Waals surface area contributed by atoms with E-state index in [2.05, 4.69) is 0 Å². The first-order chi connectivity index (χ1) is 10.1. The number of nitrogens with zero attached hydrogens (tertiary/aromatic N) is 1. The Morgan fingerprint density at radius 3 is 2.76 bits per heavy atom. The van der Waals surface area contributed by atoms with Crippen molar-refractivity contribution in [3.05, 3.63) is 35.0 Å². The number of rotatable bonds is 3. The van der Waals surface area contributed by atoms with Gasteiger partial charge < -0.3 is 14.4 Å². The topological polar surface area (TPSA) is 68.5 Å². The normalized spacial score (nSPS) is 14.0. The number of carbonyl (C=O) groups excluding carboxylic acids is 1. The molecule has 5 heteroatoms. The van der Waals surface area contributed by atoms with Crippen LogP contribution in [0.4, 0.5) is 0 Å². The summed E-state index contributed by atoms with van der Waals surface area (Å²) in [4.78, 5) is 23.2. The summed E-state index contributed by atoms with van der Waals surface area (Å²) in [7, 11) is 1.34. The van der Waals surface area contributed by atoms with Crippen LogP contribution in [0.2, 0.25) is 0 Å². The zero-order valence-electron chi connectivity index (χ0n) is 11.9. The average molecular weight is 287 g/mol. The van der Waals surface area contributed by atoms with Gasteiger partial charge in [0.2, 0.25) is 0 Å². The van der Waals surface area contributed by atoms with Gasteiger partial charge in [-0.05, 0) is 37.3 Å². The molecule has 0 aliphatic heterocycles. The van der Waals surface area contributed by atoms with Crippen LogP contribution in [-0.2, 0) is 28.9 Å². The van der Waals surface area contributed by atoms with E-state index in [9.17, 15) is 14.7 Å². The summed E-state index contributed by atoms with van der Waals surface area (Å²) >= 11 is 0. The van der Waals surface area contributed by atoms with Gasteiger partial charge >= 0.3 is 11.9 Å². The maximum absolute atomic E-state index is 12.0. The molecule has 1 aliphatic rings. The van der Waals surface area contributed by atoms with E-state index in [1.54, 1.807) is 10.6 Å². The van der Waals surface area contributed by atoms with Gasteiger partial charge in [-0.3, -0.25) is 4.79 Å². The molecule has 3 rings (SSSR count). The maximum atomic E-state index is 12.0. The molecule has 1 aliphatic carbocycles. The second-order valence-corrected chi connectivity index (χ2v) is 5.31. The number of methoxy groups -OCH3 is 1. The van der Waals surface area contributed by atoms with E-state index in [0.29, 0.717) is 11.1 Å². The predicted molar refractivity (Wildman–Crippen MR) is 77.6 cm³/mol. The number of fused-ring (bicyclic) bond motifs is 3. The van der Waals surface area contributed by atoms with Gasteiger partial charge in [0.15, 0.2) is 0 Å². The van der Waals surface area contributed by atoms with Crippen LogP contribution < -0.4 is 0 Å². The Morgan fingerprint density at radius 2 is 2.05 bits per heavy atom. The van der Waals surface area contributed by atoms with Crippen LogP contribution in [0.15, 0.2) is 18.2 Å². The number of aryl methyl sites for hydroxylation is 1. The summed E-state index contributed by atoms with van der Waals surface area (Å²) in [5, 5.41) is 10.2. The van der Waals surface area contributed by atoms with E-state index in [0.717, 1.165) is 36.8 Å². The Bertz CT molecular complexity index is 729. The fourth-order valence-corrected chi connectivity index (χ4v) is 3.27. The first-order valence-corrected chi connectivity index (χ1v) is 7.06. The number of hydrogen-bond acceptors (Lipinski definition) is 3. The molecule has 0 spiro atoms. The molecule has 1 aromatic carbocycles. The molecule has 21 heavy (non-hydrogen) atoms. The highest BCUT2D eigenvalue weighted by Gasteiger charge is 2.24. The summed E-state index contributed by atoms with van der Waals surface area (Å²) < 4.78 is 6.61. The number of carboxylic acids is 1. The van der Waals surface area contributed by atoms with Gasteiger partial charge in [0.1, 0.15) is 6.54 Å². The van der Waals surface area contributed by atoms with Crippen molar-refractivity contribution in [3.8, 4) is 0 Å². The van der Waals surface area contributed by atoms with Crippen molar-refractivity contribution in [2.75, 3.05) is 7.11 Å². The molecule has 0 saturated carbocycles. The summed E-state index contributed by atoms with van der Waals surface area (Å²) in [6.45, 7) is -0.125. The number of aliphatic carboxylic acids is 1. The smallest absolute Gasteiger partial charge is 0.340 e. The van der Waals surface area contributed by atoms with Crippen molar-refractivity contribution in [3.63, 3.8) is 0 Å². The minimum absolute atomic E-state index is 0.125. The number of carboxylic acid groups (broad SMARTS) is 1. The quantitative estimate of drug-likeness (QED) is 0.880. The summed E-state index contributed by atoms with van der Waals surface area (Å²) in [5.74, 6) is -1.33. The number of aromatic nitrogens is 1. The van der Waals surface area contributed by atoms with Gasteiger partial charge in [-0.2, -0.15) is 0 Å². The van der Waals surface area contributed by atoms with E-state index in [4.69, 9.17) is 4.74 Å². The number of benzene rings is 1. The van der Waals surface area contributed by atoms with E-state index < -0.39 is 11.9 Å². The fraction of sp³-hybridized carbons (Fsp3) is 0.375. The summed E-state index contributed by atoms with van der Waals surface area (Å²) in [6.07, 6.45) is 3.94. The van der Waals surface area contributed by atoms with E-state index in [1.165, 1.54) is 12.7 Å². The minimum Gasteiger partial charge on any atom is -0.480 e. The highest BCUT2D eigenvalue weighted by Crippen LogP contribution is 2.34. The lowest BCUT2D eigenvalue weighted by molar-refractivity contribution is -0.137. The van der Waals surface area contributed by atoms with Gasteiger partial charge in [-0.25, -0.2) is 4.79 Å². The van der Waals surface area contributed by atoms with Gasteiger partial charge in [0.25, 0.3) is 0 Å². The van der Waals surface area contributed by atoms with Gasteiger partial charge in [0, 0.05) is 11.1 Å². The maximum Gasteiger partial charge on any atom is 0.340 e. The summed E-state index contributed by atoms with van der Waals surface area (Å²) in [5.41, 5.74) is 3.36. The molecule has 0 fully saturated rings. The van der Waals surface area contributed by atoms with Crippen molar-refractivity contribution in [2.45, 2.75) is 32.2 Å². The predicted octanol–water partition coefficient (Wildman–Crippen LogP) is 2.39. The molecule has 1 aromatic heterocycles. The Morgan fingerprint density at radius 1 is 1.29 bits per heavy atom. The lowest BCUT2D eigenvalue weighted by atomic mass is 9.95. The highest BCUT2D eigenvalue weighted by molar-refractivity contribution is 6.05. The Balaban J connectivity index is 2.34. The SMILES string of the molecule is COC(=O)c1cccc2c3c(n(CC(=O)O)c12)CCCC3. The molecule has 0 unspecified atom stereocenters. The van der Waals surface area contributed by atoms with Crippen LogP contribution in [-0.4, -0.2) is 28.7 Å². The first kappa shape index (κ1) is 13.7. The van der Waals surface area contributed by atoms with Crippen LogP contribution in [0.5, 0.6) is 0 Å². The standard InChI is InChI=1S/C16H17NO4/c1-21-16(20)12-7-4-6-11-10-5-2-3-8-13(10)17(15(11)12)9-14(18)19/h4,6-7H,2-3,5,8-9H2,1H3,(H,18,19). The van der Waals surface area contributed by atoms with Crippen molar-refractivity contribution < 1.29 is 19.4 Å². The molecular weight excluding hydrogens is 270 g/mol. The molecule has 2 aromatic rings. The van der Waals surface area contributed by atoms with Gasteiger partial charge in [0.05, 0.1) is 18.2 Å². The largest absolute Gasteiger partial charge is 0.480 e. The number of para-hydroxylation sites is 1. The third-order valence-corrected chi connectivity index (χ3v) is 4.09. The molecular formula is C16H17NO4. The number of esters is 1. The monoisotopic (exact) mass is 287 g/mol. The summed E-state index contributed by atoms with van der Waals surface area (Å²) in [6, 6.07) is 5.48. The third-order valence-electron chi connectivity index (χ3n) is 4.09. The van der Waals surface area contributed by atoms with Crippen molar-refractivity contribution in [2.24, 2.45) is 0 Å². The average Bonchev–Trinajstić information content (AvgIpc) is 2.81. The molecule has 5 nitrogen and oxygen atoms in total. The van der Waals surface area contributed by atoms with Gasteiger partial charge in [-0.1, -0.05) is 12.1 Å². The minimum atomic E-state index is -0.903. The number of hydrogen-bond donors (Lipinski definition) is 1. The number of ether oxygens (including phenoxy) is 1. The Kier molecular flexibility index (Phi) is 3.41. The Labute approximate surface area is 122 Å². The molecule has 0 saturated heterocycles. The molecule has 0 bridgehead atoms. The van der Waals surface area contributed by atoms with Crippen molar-refractivity contribution >= 4 is 22.8 Å². The van der Waals surface area contributed by atoms with E-state index >= 15 is 0 Å². The van der Waals surface area contributed by atoms with E-state index in [-0.39, 0.29) is 6.54 Å². The van der Waals surface area contributed by atoms with Crippen LogP contribution in [0, 0.1) is 0 Å². The lowest BCUT2D eigenvalue weighted by Gasteiger charge is -2.14. The van der Waals surface area contributed by atoms with Gasteiger partial charge in [-0.15, -0.1) is 0 Å².